The molecule has 1 amide bonds. The molecule has 0 bridgehead atoms. The van der Waals surface area contributed by atoms with Crippen molar-refractivity contribution in [3.05, 3.63) is 59.7 Å². The fourth-order valence-electron chi connectivity index (χ4n) is 1.74. The molecular weight excluding hydrogens is 288 g/mol. The van der Waals surface area contributed by atoms with Crippen molar-refractivity contribution in [1.82, 2.24) is 0 Å². The fourth-order valence-corrected chi connectivity index (χ4v) is 2.33. The third kappa shape index (κ3) is 3.37. The lowest BCUT2D eigenvalue weighted by molar-refractivity contribution is 0.102. The number of para-hydroxylation sites is 1. The summed E-state index contributed by atoms with van der Waals surface area (Å²) in [7, 11) is 0. The van der Waals surface area contributed by atoms with Gasteiger partial charge in [0.2, 0.25) is 0 Å². The molecule has 0 unspecified atom stereocenters. The molecule has 0 fully saturated rings. The predicted octanol–water partition coefficient (Wildman–Crippen LogP) is 3.30. The van der Waals surface area contributed by atoms with Crippen LogP contribution in [0, 0.1) is 0 Å². The Hall–Kier alpha value is -1.85. The SMILES string of the molecule is CSc1ccc(C(=O)Nc2ccccc2C(N)=S)cc1. The lowest BCUT2D eigenvalue weighted by Crippen LogP contribution is -2.17. The van der Waals surface area contributed by atoms with Gasteiger partial charge in [-0.3, -0.25) is 4.79 Å². The predicted molar refractivity (Wildman–Crippen MR) is 88.5 cm³/mol. The van der Waals surface area contributed by atoms with E-state index >= 15 is 0 Å². The molecule has 3 N–H and O–H groups in total. The number of rotatable bonds is 4. The van der Waals surface area contributed by atoms with Crippen molar-refractivity contribution >= 4 is 40.6 Å². The van der Waals surface area contributed by atoms with Gasteiger partial charge in [-0.25, -0.2) is 0 Å². The van der Waals surface area contributed by atoms with Crippen LogP contribution >= 0.6 is 24.0 Å². The molecule has 5 heteroatoms. The van der Waals surface area contributed by atoms with Crippen LogP contribution in [0.2, 0.25) is 0 Å². The van der Waals surface area contributed by atoms with Gasteiger partial charge >= 0.3 is 0 Å². The van der Waals surface area contributed by atoms with Gasteiger partial charge < -0.3 is 11.1 Å². The monoisotopic (exact) mass is 302 g/mol. The number of anilines is 1. The van der Waals surface area contributed by atoms with E-state index in [2.05, 4.69) is 5.32 Å². The van der Waals surface area contributed by atoms with Crippen molar-refractivity contribution in [3.8, 4) is 0 Å². The zero-order chi connectivity index (χ0) is 14.5. The third-order valence-electron chi connectivity index (χ3n) is 2.79. The van der Waals surface area contributed by atoms with Crippen molar-refractivity contribution in [1.29, 1.82) is 0 Å². The number of carbonyl (C=O) groups excluding carboxylic acids is 1. The number of benzene rings is 2. The maximum Gasteiger partial charge on any atom is 0.255 e. The zero-order valence-corrected chi connectivity index (χ0v) is 12.6. The van der Waals surface area contributed by atoms with Gasteiger partial charge in [0.1, 0.15) is 4.99 Å². The second-order valence-corrected chi connectivity index (χ2v) is 5.41. The molecule has 0 aromatic heterocycles. The number of hydrogen-bond donors (Lipinski definition) is 2. The molecule has 102 valence electrons. The van der Waals surface area contributed by atoms with Crippen molar-refractivity contribution < 1.29 is 4.79 Å². The first-order valence-corrected chi connectivity index (χ1v) is 7.59. The first-order valence-electron chi connectivity index (χ1n) is 5.96. The van der Waals surface area contributed by atoms with Gasteiger partial charge in [0.25, 0.3) is 5.91 Å². The Balaban J connectivity index is 2.21. The minimum atomic E-state index is -0.179. The number of thioether (sulfide) groups is 1. The molecule has 0 saturated heterocycles. The number of thiocarbonyl (C=S) groups is 1. The quantitative estimate of drug-likeness (QED) is 0.672. The smallest absolute Gasteiger partial charge is 0.255 e. The van der Waals surface area contributed by atoms with Gasteiger partial charge in [-0.1, -0.05) is 24.4 Å². The highest BCUT2D eigenvalue weighted by Crippen LogP contribution is 2.18. The van der Waals surface area contributed by atoms with E-state index in [0.717, 1.165) is 4.90 Å². The summed E-state index contributed by atoms with van der Waals surface area (Å²) in [5.74, 6) is -0.179. The Labute approximate surface area is 127 Å². The highest BCUT2D eigenvalue weighted by molar-refractivity contribution is 7.98. The molecule has 20 heavy (non-hydrogen) atoms. The molecule has 0 aliphatic rings. The topological polar surface area (TPSA) is 55.1 Å². The van der Waals surface area contributed by atoms with E-state index in [-0.39, 0.29) is 10.9 Å². The highest BCUT2D eigenvalue weighted by Gasteiger charge is 2.10. The Morgan fingerprint density at radius 2 is 1.80 bits per heavy atom. The van der Waals surface area contributed by atoms with Crippen LogP contribution in [0.25, 0.3) is 0 Å². The van der Waals surface area contributed by atoms with Gasteiger partial charge in [-0.15, -0.1) is 11.8 Å². The Bertz CT molecular complexity index is 639. The molecule has 0 aliphatic heterocycles. The number of amides is 1. The summed E-state index contributed by atoms with van der Waals surface area (Å²) in [6.07, 6.45) is 1.99. The summed E-state index contributed by atoms with van der Waals surface area (Å²) >= 11 is 6.61. The second-order valence-electron chi connectivity index (χ2n) is 4.09. The van der Waals surface area contributed by atoms with E-state index in [9.17, 15) is 4.79 Å². The van der Waals surface area contributed by atoms with Gasteiger partial charge in [-0.2, -0.15) is 0 Å². The maximum absolute atomic E-state index is 12.2. The van der Waals surface area contributed by atoms with E-state index in [1.165, 1.54) is 0 Å². The number of nitrogens with one attached hydrogen (secondary N) is 1. The van der Waals surface area contributed by atoms with Crippen molar-refractivity contribution in [3.63, 3.8) is 0 Å². The average molecular weight is 302 g/mol. The van der Waals surface area contributed by atoms with E-state index in [0.29, 0.717) is 16.8 Å². The summed E-state index contributed by atoms with van der Waals surface area (Å²) in [6.45, 7) is 0. The molecule has 0 heterocycles. The first-order chi connectivity index (χ1) is 9.61. The summed E-state index contributed by atoms with van der Waals surface area (Å²) in [6, 6.07) is 14.6. The molecule has 0 radical (unpaired) electrons. The van der Waals surface area contributed by atoms with Gasteiger partial charge in [-0.05, 0) is 42.7 Å². The van der Waals surface area contributed by atoms with Crippen LogP contribution in [0.1, 0.15) is 15.9 Å². The molecule has 0 spiro atoms. The van der Waals surface area contributed by atoms with Crippen LogP contribution in [-0.2, 0) is 0 Å². The second kappa shape index (κ2) is 6.54. The lowest BCUT2D eigenvalue weighted by Gasteiger charge is -2.10. The highest BCUT2D eigenvalue weighted by atomic mass is 32.2. The molecule has 2 rings (SSSR count). The van der Waals surface area contributed by atoms with E-state index in [1.807, 2.05) is 30.5 Å². The van der Waals surface area contributed by atoms with Crippen LogP contribution in [0.4, 0.5) is 5.69 Å². The summed E-state index contributed by atoms with van der Waals surface area (Å²) in [4.78, 5) is 13.6. The van der Waals surface area contributed by atoms with Crippen molar-refractivity contribution in [2.45, 2.75) is 4.90 Å². The zero-order valence-electron chi connectivity index (χ0n) is 10.9. The third-order valence-corrected chi connectivity index (χ3v) is 3.76. The molecule has 3 nitrogen and oxygen atoms in total. The molecule has 0 aliphatic carbocycles. The summed E-state index contributed by atoms with van der Waals surface area (Å²) in [5, 5.41) is 2.83. The number of hydrogen-bond acceptors (Lipinski definition) is 3. The molecule has 2 aromatic carbocycles. The normalized spacial score (nSPS) is 10.1. The molecule has 0 atom stereocenters. The number of carbonyl (C=O) groups is 1. The van der Waals surface area contributed by atoms with Crippen LogP contribution in [0.5, 0.6) is 0 Å². The maximum atomic E-state index is 12.2. The minimum Gasteiger partial charge on any atom is -0.389 e. The van der Waals surface area contributed by atoms with Crippen LogP contribution in [0.3, 0.4) is 0 Å². The fraction of sp³-hybridized carbons (Fsp3) is 0.0667. The largest absolute Gasteiger partial charge is 0.389 e. The Morgan fingerprint density at radius 1 is 1.15 bits per heavy atom. The molecule has 2 aromatic rings. The van der Waals surface area contributed by atoms with Gasteiger partial charge in [0.05, 0.1) is 5.69 Å². The first kappa shape index (κ1) is 14.6. The van der Waals surface area contributed by atoms with E-state index in [1.54, 1.807) is 36.0 Å². The van der Waals surface area contributed by atoms with Crippen LogP contribution in [0.15, 0.2) is 53.4 Å². The Morgan fingerprint density at radius 3 is 2.40 bits per heavy atom. The average Bonchev–Trinajstić information content (AvgIpc) is 2.47. The van der Waals surface area contributed by atoms with Crippen LogP contribution < -0.4 is 11.1 Å². The number of nitrogens with two attached hydrogens (primary N) is 1. The minimum absolute atomic E-state index is 0.179. The summed E-state index contributed by atoms with van der Waals surface area (Å²) < 4.78 is 0. The van der Waals surface area contributed by atoms with Gasteiger partial charge in [0, 0.05) is 16.0 Å². The molecule has 0 saturated carbocycles. The standard InChI is InChI=1S/C15H14N2OS2/c1-20-11-8-6-10(7-9-11)15(18)17-13-5-3-2-4-12(13)14(16)19/h2-9H,1H3,(H2,16,19)(H,17,18). The van der Waals surface area contributed by atoms with Crippen molar-refractivity contribution in [2.75, 3.05) is 11.6 Å². The Kier molecular flexibility index (Phi) is 4.76. The van der Waals surface area contributed by atoms with E-state index < -0.39 is 0 Å². The van der Waals surface area contributed by atoms with Crippen LogP contribution in [-0.4, -0.2) is 17.2 Å². The van der Waals surface area contributed by atoms with Crippen molar-refractivity contribution in [2.24, 2.45) is 5.73 Å². The lowest BCUT2D eigenvalue weighted by atomic mass is 10.1. The molecular formula is C15H14N2OS2. The summed E-state index contributed by atoms with van der Waals surface area (Å²) in [5.41, 5.74) is 7.53. The van der Waals surface area contributed by atoms with E-state index in [4.69, 9.17) is 18.0 Å². The van der Waals surface area contributed by atoms with Gasteiger partial charge in [0.15, 0.2) is 0 Å².